The normalized spacial score (nSPS) is 16.6. The molecule has 2 aromatic rings. The van der Waals surface area contributed by atoms with Gasteiger partial charge in [0.05, 0.1) is 12.4 Å². The van der Waals surface area contributed by atoms with Crippen molar-refractivity contribution in [3.8, 4) is 6.07 Å². The number of carbonyl (C=O) groups is 2. The number of nitriles is 1. The van der Waals surface area contributed by atoms with Gasteiger partial charge in [-0.2, -0.15) is 5.26 Å². The van der Waals surface area contributed by atoms with Gasteiger partial charge in [0, 0.05) is 14.1 Å². The predicted molar refractivity (Wildman–Crippen MR) is 105 cm³/mol. The van der Waals surface area contributed by atoms with E-state index < -0.39 is 34.8 Å². The zero-order chi connectivity index (χ0) is 22.1. The van der Waals surface area contributed by atoms with Crippen LogP contribution in [0.15, 0.2) is 15.9 Å². The highest BCUT2D eigenvalue weighted by Gasteiger charge is 2.35. The molecule has 0 saturated heterocycles. The van der Waals surface area contributed by atoms with Crippen molar-refractivity contribution < 1.29 is 14.3 Å². The summed E-state index contributed by atoms with van der Waals surface area (Å²) in [4.78, 5) is 53.3. The number of hydrogen-bond donors (Lipinski definition) is 1. The summed E-state index contributed by atoms with van der Waals surface area (Å²) in [6.45, 7) is 1.07. The van der Waals surface area contributed by atoms with Gasteiger partial charge in [-0.1, -0.05) is 19.3 Å². The lowest BCUT2D eigenvalue weighted by atomic mass is 9.83. The Kier molecular flexibility index (Phi) is 5.78. The SMILES string of the molecule is C[C@H](OC(=O)Cn1cnc2c1c(=O)n(C)c(=O)n2C)C(=O)NC1(C#N)CCCCC1. The summed E-state index contributed by atoms with van der Waals surface area (Å²) in [7, 11) is 2.81. The van der Waals surface area contributed by atoms with Crippen molar-refractivity contribution in [2.75, 3.05) is 0 Å². The smallest absolute Gasteiger partial charge is 0.332 e. The fourth-order valence-electron chi connectivity index (χ4n) is 3.70. The molecular weight excluding hydrogens is 392 g/mol. The maximum Gasteiger partial charge on any atom is 0.332 e. The summed E-state index contributed by atoms with van der Waals surface area (Å²) < 4.78 is 8.62. The third-order valence-corrected chi connectivity index (χ3v) is 5.48. The third-order valence-electron chi connectivity index (χ3n) is 5.48. The molecule has 1 N–H and O–H groups in total. The Morgan fingerprint density at radius 3 is 2.57 bits per heavy atom. The standard InChI is InChI=1S/C19H24N6O5/c1-12(16(27)22-19(10-20)7-5-4-6-8-19)30-13(26)9-25-11-21-15-14(25)17(28)24(3)18(29)23(15)2/h11-12H,4-9H2,1-3H3,(H,22,27)/t12-/m0/s1. The summed E-state index contributed by atoms with van der Waals surface area (Å²) in [5.74, 6) is -1.29. The van der Waals surface area contributed by atoms with Gasteiger partial charge in [0.1, 0.15) is 12.1 Å². The summed E-state index contributed by atoms with van der Waals surface area (Å²) in [5.41, 5.74) is -1.81. The molecule has 0 aliphatic heterocycles. The molecular formula is C19H24N6O5. The molecule has 3 rings (SSSR count). The van der Waals surface area contributed by atoms with Crippen molar-refractivity contribution >= 4 is 23.0 Å². The monoisotopic (exact) mass is 416 g/mol. The van der Waals surface area contributed by atoms with Gasteiger partial charge in [0.25, 0.3) is 11.5 Å². The largest absolute Gasteiger partial charge is 0.451 e. The molecule has 1 aliphatic carbocycles. The lowest BCUT2D eigenvalue weighted by Crippen LogP contribution is -2.52. The van der Waals surface area contributed by atoms with Crippen LogP contribution in [0.2, 0.25) is 0 Å². The third kappa shape index (κ3) is 3.85. The van der Waals surface area contributed by atoms with Crippen molar-refractivity contribution in [1.29, 1.82) is 5.26 Å². The van der Waals surface area contributed by atoms with Gasteiger partial charge in [-0.15, -0.1) is 0 Å². The number of imidazole rings is 1. The fourth-order valence-corrected chi connectivity index (χ4v) is 3.70. The van der Waals surface area contributed by atoms with Gasteiger partial charge in [-0.3, -0.25) is 23.5 Å². The highest BCUT2D eigenvalue weighted by atomic mass is 16.5. The van der Waals surface area contributed by atoms with Gasteiger partial charge >= 0.3 is 11.7 Å². The first kappa shape index (κ1) is 21.3. The Hall–Kier alpha value is -3.42. The fraction of sp³-hybridized carbons (Fsp3) is 0.579. The minimum Gasteiger partial charge on any atom is -0.451 e. The minimum absolute atomic E-state index is 0.0827. The highest BCUT2D eigenvalue weighted by Crippen LogP contribution is 2.27. The molecule has 11 heteroatoms. The first-order valence-corrected chi connectivity index (χ1v) is 9.73. The van der Waals surface area contributed by atoms with Crippen LogP contribution in [0.4, 0.5) is 0 Å². The number of amides is 1. The van der Waals surface area contributed by atoms with Gasteiger partial charge in [0.15, 0.2) is 17.3 Å². The number of aromatic nitrogens is 4. The molecule has 11 nitrogen and oxygen atoms in total. The Morgan fingerprint density at radius 2 is 1.93 bits per heavy atom. The Bertz CT molecular complexity index is 1150. The van der Waals surface area contributed by atoms with Crippen LogP contribution in [-0.4, -0.2) is 42.2 Å². The van der Waals surface area contributed by atoms with E-state index in [1.165, 1.54) is 36.5 Å². The second-order valence-corrected chi connectivity index (χ2v) is 7.63. The van der Waals surface area contributed by atoms with E-state index in [1.54, 1.807) is 0 Å². The number of ether oxygens (including phenoxy) is 1. The molecule has 1 amide bonds. The van der Waals surface area contributed by atoms with E-state index >= 15 is 0 Å². The van der Waals surface area contributed by atoms with Crippen LogP contribution in [0.25, 0.3) is 11.2 Å². The molecule has 2 heterocycles. The van der Waals surface area contributed by atoms with Gasteiger partial charge in [0.2, 0.25) is 0 Å². The first-order chi connectivity index (χ1) is 14.2. The van der Waals surface area contributed by atoms with E-state index in [9.17, 15) is 24.4 Å². The molecule has 0 bridgehead atoms. The molecule has 1 fully saturated rings. The Labute approximate surface area is 171 Å². The second kappa shape index (κ2) is 8.14. The van der Waals surface area contributed by atoms with Crippen molar-refractivity contribution in [2.45, 2.75) is 57.2 Å². The number of nitrogens with one attached hydrogen (secondary N) is 1. The van der Waals surface area contributed by atoms with E-state index in [2.05, 4.69) is 16.4 Å². The topological polar surface area (TPSA) is 141 Å². The van der Waals surface area contributed by atoms with E-state index in [-0.39, 0.29) is 17.7 Å². The molecule has 1 saturated carbocycles. The molecule has 160 valence electrons. The Morgan fingerprint density at radius 1 is 1.27 bits per heavy atom. The minimum atomic E-state index is -1.10. The quantitative estimate of drug-likeness (QED) is 0.660. The van der Waals surface area contributed by atoms with Gasteiger partial charge in [-0.25, -0.2) is 9.78 Å². The van der Waals surface area contributed by atoms with E-state index in [1.807, 2.05) is 0 Å². The molecule has 0 spiro atoms. The van der Waals surface area contributed by atoms with Crippen molar-refractivity contribution in [3.05, 3.63) is 27.2 Å². The number of hydrogen-bond acceptors (Lipinski definition) is 7. The van der Waals surface area contributed by atoms with Crippen LogP contribution >= 0.6 is 0 Å². The Balaban J connectivity index is 1.71. The summed E-state index contributed by atoms with van der Waals surface area (Å²) in [6, 6.07) is 2.18. The van der Waals surface area contributed by atoms with Crippen LogP contribution in [-0.2, 0) is 35.0 Å². The van der Waals surface area contributed by atoms with Crippen molar-refractivity contribution in [3.63, 3.8) is 0 Å². The average molecular weight is 416 g/mol. The second-order valence-electron chi connectivity index (χ2n) is 7.63. The number of aryl methyl sites for hydroxylation is 1. The molecule has 1 atom stereocenters. The summed E-state index contributed by atoms with van der Waals surface area (Å²) in [5, 5.41) is 12.2. The van der Waals surface area contributed by atoms with E-state index in [0.29, 0.717) is 12.8 Å². The molecule has 2 aromatic heterocycles. The first-order valence-electron chi connectivity index (χ1n) is 9.73. The number of rotatable bonds is 5. The number of fused-ring (bicyclic) bond motifs is 1. The number of esters is 1. The predicted octanol–water partition coefficient (Wildman–Crippen LogP) is -0.292. The number of nitrogens with zero attached hydrogens (tertiary/aromatic N) is 5. The maximum atomic E-state index is 12.5. The highest BCUT2D eigenvalue weighted by molar-refractivity contribution is 5.84. The average Bonchev–Trinajstić information content (AvgIpc) is 3.14. The van der Waals surface area contributed by atoms with E-state index in [0.717, 1.165) is 23.8 Å². The zero-order valence-corrected chi connectivity index (χ0v) is 17.2. The van der Waals surface area contributed by atoms with Crippen LogP contribution < -0.4 is 16.6 Å². The zero-order valence-electron chi connectivity index (χ0n) is 17.2. The molecule has 0 unspecified atom stereocenters. The van der Waals surface area contributed by atoms with E-state index in [4.69, 9.17) is 4.74 Å². The van der Waals surface area contributed by atoms with Crippen molar-refractivity contribution in [2.24, 2.45) is 14.1 Å². The summed E-state index contributed by atoms with van der Waals surface area (Å²) >= 11 is 0. The lowest BCUT2D eigenvalue weighted by molar-refractivity contribution is -0.155. The lowest BCUT2D eigenvalue weighted by Gasteiger charge is -2.32. The number of carbonyl (C=O) groups excluding carboxylic acids is 2. The van der Waals surface area contributed by atoms with Crippen LogP contribution in [0, 0.1) is 11.3 Å². The molecule has 0 radical (unpaired) electrons. The molecule has 0 aromatic carbocycles. The van der Waals surface area contributed by atoms with Gasteiger partial charge in [-0.05, 0) is 19.8 Å². The molecule has 1 aliphatic rings. The van der Waals surface area contributed by atoms with Gasteiger partial charge < -0.3 is 14.6 Å². The maximum absolute atomic E-state index is 12.5. The van der Waals surface area contributed by atoms with Crippen molar-refractivity contribution in [1.82, 2.24) is 24.0 Å². The van der Waals surface area contributed by atoms with Crippen LogP contribution in [0.5, 0.6) is 0 Å². The summed E-state index contributed by atoms with van der Waals surface area (Å²) in [6.07, 6.45) is 4.03. The molecule has 30 heavy (non-hydrogen) atoms. The van der Waals surface area contributed by atoms with Crippen LogP contribution in [0.3, 0.4) is 0 Å². The van der Waals surface area contributed by atoms with Crippen LogP contribution in [0.1, 0.15) is 39.0 Å².